The second kappa shape index (κ2) is 9.10. The monoisotopic (exact) mass is 443 g/mol. The van der Waals surface area contributed by atoms with Crippen LogP contribution in [-0.4, -0.2) is 29.5 Å². The zero-order valence-electron chi connectivity index (χ0n) is 16.3. The lowest BCUT2D eigenvalue weighted by atomic mass is 10.1. The molecule has 8 heteroatoms. The fourth-order valence-electron chi connectivity index (χ4n) is 3.61. The van der Waals surface area contributed by atoms with Crippen LogP contribution in [0.4, 0.5) is 11.4 Å². The highest BCUT2D eigenvalue weighted by atomic mass is 35.5. The number of nitrogens with zero attached hydrogens (tertiary/aromatic N) is 1. The van der Waals surface area contributed by atoms with E-state index in [1.807, 2.05) is 35.2 Å². The minimum absolute atomic E-state index is 0.0862. The van der Waals surface area contributed by atoms with E-state index in [9.17, 15) is 14.4 Å². The molecule has 1 unspecified atom stereocenters. The average Bonchev–Trinajstić information content (AvgIpc) is 2.73. The Hall–Kier alpha value is -2.51. The lowest BCUT2D eigenvalue weighted by molar-refractivity contribution is -0.124. The fraction of sp³-hybridized carbons (Fsp3) is 0.318. The number of anilines is 2. The highest BCUT2D eigenvalue weighted by Gasteiger charge is 2.29. The van der Waals surface area contributed by atoms with E-state index in [4.69, 9.17) is 11.6 Å². The smallest absolute Gasteiger partial charge is 0.238 e. The van der Waals surface area contributed by atoms with Crippen LogP contribution in [0.5, 0.6) is 0 Å². The maximum Gasteiger partial charge on any atom is 0.238 e. The van der Waals surface area contributed by atoms with E-state index in [1.54, 1.807) is 12.1 Å². The van der Waals surface area contributed by atoms with E-state index in [2.05, 4.69) is 10.6 Å². The number of rotatable bonds is 5. The standard InChI is InChI=1S/C22H22ClN3O3S/c23-15-7-8-18-17(11-15)25-22(29)19(30-18)12-20(27)24-13-14-4-3-5-16(10-14)26-9-2-1-6-21(26)28/h3-5,7-8,10-11,19H,1-2,6,9,12-13H2,(H,24,27)(H,25,29). The van der Waals surface area contributed by atoms with E-state index in [0.717, 1.165) is 35.5 Å². The van der Waals surface area contributed by atoms with Crippen LogP contribution in [0, 0.1) is 0 Å². The van der Waals surface area contributed by atoms with Gasteiger partial charge in [-0.25, -0.2) is 0 Å². The summed E-state index contributed by atoms with van der Waals surface area (Å²) in [5.41, 5.74) is 2.46. The highest BCUT2D eigenvalue weighted by Crippen LogP contribution is 2.38. The van der Waals surface area contributed by atoms with Gasteiger partial charge in [0.2, 0.25) is 17.7 Å². The summed E-state index contributed by atoms with van der Waals surface area (Å²) >= 11 is 7.34. The number of carbonyl (C=O) groups is 3. The molecule has 3 amide bonds. The predicted octanol–water partition coefficient (Wildman–Crippen LogP) is 3.98. The molecule has 0 aliphatic carbocycles. The van der Waals surface area contributed by atoms with Crippen LogP contribution in [0.25, 0.3) is 0 Å². The largest absolute Gasteiger partial charge is 0.352 e. The normalized spacial score (nSPS) is 18.6. The molecule has 1 atom stereocenters. The summed E-state index contributed by atoms with van der Waals surface area (Å²) in [6.07, 6.45) is 2.61. The fourth-order valence-corrected chi connectivity index (χ4v) is 4.87. The van der Waals surface area contributed by atoms with Gasteiger partial charge in [-0.15, -0.1) is 11.8 Å². The minimum Gasteiger partial charge on any atom is -0.352 e. The molecule has 0 spiro atoms. The van der Waals surface area contributed by atoms with Gasteiger partial charge in [-0.05, 0) is 48.7 Å². The third-order valence-corrected chi connectivity index (χ3v) is 6.68. The number of hydrogen-bond acceptors (Lipinski definition) is 4. The molecule has 30 heavy (non-hydrogen) atoms. The maximum absolute atomic E-state index is 12.4. The minimum atomic E-state index is -0.490. The van der Waals surface area contributed by atoms with Crippen molar-refractivity contribution in [3.05, 3.63) is 53.1 Å². The Labute approximate surface area is 184 Å². The number of hydrogen-bond donors (Lipinski definition) is 2. The van der Waals surface area contributed by atoms with Crippen molar-refractivity contribution < 1.29 is 14.4 Å². The van der Waals surface area contributed by atoms with Crippen molar-refractivity contribution in [3.8, 4) is 0 Å². The van der Waals surface area contributed by atoms with Gasteiger partial charge in [0.25, 0.3) is 0 Å². The number of carbonyl (C=O) groups excluding carboxylic acids is 3. The zero-order valence-corrected chi connectivity index (χ0v) is 17.9. The zero-order chi connectivity index (χ0) is 21.1. The Morgan fingerprint density at radius 2 is 2.07 bits per heavy atom. The van der Waals surface area contributed by atoms with Crippen molar-refractivity contribution in [2.45, 2.75) is 42.4 Å². The molecule has 4 rings (SSSR count). The lowest BCUT2D eigenvalue weighted by Crippen LogP contribution is -2.35. The Morgan fingerprint density at radius 3 is 2.90 bits per heavy atom. The second-order valence-electron chi connectivity index (χ2n) is 7.39. The quantitative estimate of drug-likeness (QED) is 0.732. The molecule has 2 aliphatic heterocycles. The number of benzene rings is 2. The van der Waals surface area contributed by atoms with Crippen molar-refractivity contribution in [1.82, 2.24) is 5.32 Å². The van der Waals surface area contributed by atoms with Crippen LogP contribution in [-0.2, 0) is 20.9 Å². The molecular formula is C22H22ClN3O3S. The van der Waals surface area contributed by atoms with E-state index < -0.39 is 5.25 Å². The predicted molar refractivity (Wildman–Crippen MR) is 119 cm³/mol. The van der Waals surface area contributed by atoms with Gasteiger partial charge in [-0.1, -0.05) is 23.7 Å². The summed E-state index contributed by atoms with van der Waals surface area (Å²) in [6, 6.07) is 13.0. The van der Waals surface area contributed by atoms with Crippen LogP contribution in [0.3, 0.4) is 0 Å². The van der Waals surface area contributed by atoms with Crippen molar-refractivity contribution in [2.24, 2.45) is 0 Å². The Morgan fingerprint density at radius 1 is 1.20 bits per heavy atom. The van der Waals surface area contributed by atoms with Crippen molar-refractivity contribution in [2.75, 3.05) is 16.8 Å². The number of amides is 3. The Kier molecular flexibility index (Phi) is 6.29. The summed E-state index contributed by atoms with van der Waals surface area (Å²) in [6.45, 7) is 1.08. The van der Waals surface area contributed by atoms with Gasteiger partial charge in [0, 0.05) is 41.5 Å². The Balaban J connectivity index is 1.34. The van der Waals surface area contributed by atoms with Gasteiger partial charge in [0.05, 0.1) is 10.9 Å². The second-order valence-corrected chi connectivity index (χ2v) is 9.07. The maximum atomic E-state index is 12.4. The van der Waals surface area contributed by atoms with Gasteiger partial charge < -0.3 is 15.5 Å². The molecule has 6 nitrogen and oxygen atoms in total. The van der Waals surface area contributed by atoms with Crippen LogP contribution in [0.1, 0.15) is 31.2 Å². The van der Waals surface area contributed by atoms with Gasteiger partial charge in [0.15, 0.2) is 0 Å². The highest BCUT2D eigenvalue weighted by molar-refractivity contribution is 8.01. The summed E-state index contributed by atoms with van der Waals surface area (Å²) < 4.78 is 0. The molecule has 156 valence electrons. The summed E-state index contributed by atoms with van der Waals surface area (Å²) in [5, 5.41) is 5.77. The number of thioether (sulfide) groups is 1. The molecule has 0 bridgehead atoms. The third kappa shape index (κ3) is 4.79. The van der Waals surface area contributed by atoms with E-state index in [1.165, 1.54) is 11.8 Å². The molecule has 0 aromatic heterocycles. The molecular weight excluding hydrogens is 422 g/mol. The third-order valence-electron chi connectivity index (χ3n) is 5.17. The summed E-state index contributed by atoms with van der Waals surface area (Å²) in [4.78, 5) is 39.6. The first-order chi connectivity index (χ1) is 14.5. The molecule has 1 saturated heterocycles. The number of nitrogens with one attached hydrogen (secondary N) is 2. The molecule has 2 aromatic carbocycles. The molecule has 2 aromatic rings. The van der Waals surface area contributed by atoms with Crippen molar-refractivity contribution >= 4 is 52.5 Å². The molecule has 2 N–H and O–H groups in total. The van der Waals surface area contributed by atoms with Crippen LogP contribution in [0.2, 0.25) is 5.02 Å². The molecule has 1 fully saturated rings. The van der Waals surface area contributed by atoms with Gasteiger partial charge in [-0.2, -0.15) is 0 Å². The van der Waals surface area contributed by atoms with Crippen molar-refractivity contribution in [1.29, 1.82) is 0 Å². The van der Waals surface area contributed by atoms with Crippen molar-refractivity contribution in [3.63, 3.8) is 0 Å². The number of piperidine rings is 1. The van der Waals surface area contributed by atoms with Crippen LogP contribution in [0.15, 0.2) is 47.4 Å². The molecule has 0 radical (unpaired) electrons. The molecule has 2 aliphatic rings. The van der Waals surface area contributed by atoms with Gasteiger partial charge >= 0.3 is 0 Å². The van der Waals surface area contributed by atoms with E-state index in [-0.39, 0.29) is 24.1 Å². The molecule has 0 saturated carbocycles. The first kappa shape index (κ1) is 20.8. The van der Waals surface area contributed by atoms with Gasteiger partial charge in [-0.3, -0.25) is 14.4 Å². The topological polar surface area (TPSA) is 78.5 Å². The van der Waals surface area contributed by atoms with Gasteiger partial charge in [0.1, 0.15) is 0 Å². The number of fused-ring (bicyclic) bond motifs is 1. The average molecular weight is 444 g/mol. The van der Waals surface area contributed by atoms with Crippen LogP contribution >= 0.6 is 23.4 Å². The van der Waals surface area contributed by atoms with E-state index in [0.29, 0.717) is 23.7 Å². The summed E-state index contributed by atoms with van der Waals surface area (Å²) in [5.74, 6) is -0.251. The SMILES string of the molecule is O=C(CC1Sc2ccc(Cl)cc2NC1=O)NCc1cccc(N2CCCCC2=O)c1. The Bertz CT molecular complexity index is 997. The van der Waals surface area contributed by atoms with Crippen LogP contribution < -0.4 is 15.5 Å². The first-order valence-electron chi connectivity index (χ1n) is 9.93. The van der Waals surface area contributed by atoms with E-state index >= 15 is 0 Å². The first-order valence-corrected chi connectivity index (χ1v) is 11.2. The molecule has 2 heterocycles. The number of halogens is 1. The summed E-state index contributed by atoms with van der Waals surface area (Å²) in [7, 11) is 0. The lowest BCUT2D eigenvalue weighted by Gasteiger charge is -2.27.